The van der Waals surface area contributed by atoms with Gasteiger partial charge in [-0.3, -0.25) is 4.79 Å². The van der Waals surface area contributed by atoms with E-state index in [1.807, 2.05) is 30.3 Å². The molecule has 7 nitrogen and oxygen atoms in total. The Bertz CT molecular complexity index is 805. The second-order valence-corrected chi connectivity index (χ2v) is 5.39. The number of hydrogen-bond donors (Lipinski definition) is 1. The van der Waals surface area contributed by atoms with Crippen LogP contribution in [-0.4, -0.2) is 17.9 Å². The maximum absolute atomic E-state index is 11.7. The van der Waals surface area contributed by atoms with Crippen molar-refractivity contribution in [1.29, 1.82) is 0 Å². The third kappa shape index (κ3) is 5.84. The van der Waals surface area contributed by atoms with Gasteiger partial charge in [0.1, 0.15) is 6.61 Å². The number of nitrogens with one attached hydrogen (secondary N) is 1. The lowest BCUT2D eigenvalue weighted by Crippen LogP contribution is -2.26. The molecule has 0 aromatic heterocycles. The minimum Gasteiger partial charge on any atom is -0.445 e. The van der Waals surface area contributed by atoms with Crippen LogP contribution in [-0.2, 0) is 17.8 Å². The average molecular weight is 359 g/mol. The molecule has 0 saturated carbocycles. The Kier molecular flexibility index (Phi) is 6.83. The lowest BCUT2D eigenvalue weighted by molar-refractivity contribution is 0.108. The molecule has 0 heterocycles. The summed E-state index contributed by atoms with van der Waals surface area (Å²) in [5.41, 5.74) is 10.7. The highest BCUT2D eigenvalue weighted by atomic mass is 35.5. The Morgan fingerprint density at radius 2 is 1.96 bits per heavy atom. The summed E-state index contributed by atoms with van der Waals surface area (Å²) in [6, 6.07) is 13.9. The summed E-state index contributed by atoms with van der Waals surface area (Å²) in [6.45, 7) is 0.471. The number of rotatable bonds is 7. The molecule has 0 spiro atoms. The van der Waals surface area contributed by atoms with Crippen molar-refractivity contribution in [2.75, 3.05) is 6.54 Å². The molecule has 0 atom stereocenters. The van der Waals surface area contributed by atoms with Crippen molar-refractivity contribution in [3.05, 3.63) is 75.7 Å². The number of amides is 1. The molecule has 1 N–H and O–H groups in total. The topological polar surface area (TPSA) is 104 Å². The zero-order valence-corrected chi connectivity index (χ0v) is 13.9. The van der Waals surface area contributed by atoms with E-state index in [2.05, 4.69) is 15.3 Å². The summed E-state index contributed by atoms with van der Waals surface area (Å²) < 4.78 is 5.10. The third-order valence-electron chi connectivity index (χ3n) is 3.34. The first-order valence-corrected chi connectivity index (χ1v) is 7.80. The minimum absolute atomic E-state index is 0.184. The number of azide groups is 1. The lowest BCUT2D eigenvalue weighted by atomic mass is 10.1. The molecule has 0 bridgehead atoms. The highest BCUT2D eigenvalue weighted by Crippen LogP contribution is 2.22. The molecular weight excluding hydrogens is 344 g/mol. The van der Waals surface area contributed by atoms with Gasteiger partial charge in [-0.25, -0.2) is 4.79 Å². The molecule has 2 aromatic rings. The van der Waals surface area contributed by atoms with Gasteiger partial charge >= 0.3 is 6.09 Å². The zero-order valence-electron chi connectivity index (χ0n) is 13.2. The van der Waals surface area contributed by atoms with E-state index >= 15 is 0 Å². The quantitative estimate of drug-likeness (QED) is 0.341. The number of carbonyl (C=O) groups is 2. The van der Waals surface area contributed by atoms with Crippen LogP contribution in [0.25, 0.3) is 10.4 Å². The highest BCUT2D eigenvalue weighted by Gasteiger charge is 2.08. The van der Waals surface area contributed by atoms with Gasteiger partial charge in [-0.15, -0.1) is 0 Å². The molecular formula is C17H15ClN4O3. The Hall–Kier alpha value is -3.02. The average Bonchev–Trinajstić information content (AvgIpc) is 2.62. The Labute approximate surface area is 149 Å². The van der Waals surface area contributed by atoms with Crippen LogP contribution in [0, 0.1) is 0 Å². The van der Waals surface area contributed by atoms with Crippen LogP contribution >= 0.6 is 11.6 Å². The number of alkyl carbamates (subject to hydrolysis) is 1. The van der Waals surface area contributed by atoms with E-state index in [0.29, 0.717) is 17.7 Å². The Balaban J connectivity index is 1.87. The summed E-state index contributed by atoms with van der Waals surface area (Å²) in [7, 11) is 0. The molecule has 0 unspecified atom stereocenters. The molecule has 0 radical (unpaired) electrons. The number of benzene rings is 2. The van der Waals surface area contributed by atoms with E-state index in [1.54, 1.807) is 6.07 Å². The van der Waals surface area contributed by atoms with Gasteiger partial charge in [-0.1, -0.05) is 41.5 Å². The molecule has 25 heavy (non-hydrogen) atoms. The standard InChI is InChI=1S/C17H15ClN4O3/c18-16(23)14-7-6-13(15(10-14)21-22-19)8-9-20-17(24)25-11-12-4-2-1-3-5-12/h1-7,10H,8-9,11H2,(H,20,24). The Morgan fingerprint density at radius 1 is 1.20 bits per heavy atom. The van der Waals surface area contributed by atoms with E-state index < -0.39 is 11.3 Å². The summed E-state index contributed by atoms with van der Waals surface area (Å²) in [5.74, 6) is 0. The van der Waals surface area contributed by atoms with Crippen molar-refractivity contribution in [2.24, 2.45) is 5.11 Å². The smallest absolute Gasteiger partial charge is 0.407 e. The summed E-state index contributed by atoms with van der Waals surface area (Å²) in [6.07, 6.45) is -0.132. The van der Waals surface area contributed by atoms with Gasteiger partial charge in [-0.05, 0) is 46.8 Å². The molecule has 128 valence electrons. The van der Waals surface area contributed by atoms with E-state index in [9.17, 15) is 9.59 Å². The van der Waals surface area contributed by atoms with Crippen LogP contribution in [0.5, 0.6) is 0 Å². The highest BCUT2D eigenvalue weighted by molar-refractivity contribution is 6.67. The normalized spacial score (nSPS) is 9.80. The SMILES string of the molecule is [N-]=[N+]=Nc1cc(C(=O)Cl)ccc1CCNC(=O)OCc1ccccc1. The molecule has 0 saturated heterocycles. The summed E-state index contributed by atoms with van der Waals surface area (Å²) in [5, 5.41) is 5.53. The molecule has 0 fully saturated rings. The molecule has 2 aromatic carbocycles. The molecule has 2 rings (SSSR count). The maximum Gasteiger partial charge on any atom is 0.407 e. The second kappa shape index (κ2) is 9.32. The first-order valence-electron chi connectivity index (χ1n) is 7.42. The summed E-state index contributed by atoms with van der Waals surface area (Å²) >= 11 is 5.41. The predicted octanol–water partition coefficient (Wildman–Crippen LogP) is 4.48. The summed E-state index contributed by atoms with van der Waals surface area (Å²) in [4.78, 5) is 25.6. The van der Waals surface area contributed by atoms with Gasteiger partial charge in [0.15, 0.2) is 0 Å². The van der Waals surface area contributed by atoms with Crippen molar-refractivity contribution in [3.8, 4) is 0 Å². The molecule has 8 heteroatoms. The second-order valence-electron chi connectivity index (χ2n) is 5.05. The van der Waals surface area contributed by atoms with Gasteiger partial charge in [-0.2, -0.15) is 0 Å². The number of ether oxygens (including phenoxy) is 1. The molecule has 0 aliphatic rings. The Morgan fingerprint density at radius 3 is 2.64 bits per heavy atom. The van der Waals surface area contributed by atoms with Crippen molar-refractivity contribution in [3.63, 3.8) is 0 Å². The van der Waals surface area contributed by atoms with Crippen LogP contribution in [0.1, 0.15) is 21.5 Å². The van der Waals surface area contributed by atoms with Crippen LogP contribution in [0.3, 0.4) is 0 Å². The number of hydrogen-bond acceptors (Lipinski definition) is 4. The lowest BCUT2D eigenvalue weighted by Gasteiger charge is -2.09. The largest absolute Gasteiger partial charge is 0.445 e. The zero-order chi connectivity index (χ0) is 18.1. The molecule has 0 aliphatic carbocycles. The van der Waals surface area contributed by atoms with Gasteiger partial charge in [0, 0.05) is 22.7 Å². The first-order chi connectivity index (χ1) is 12.1. The minimum atomic E-state index is -0.636. The van der Waals surface area contributed by atoms with Crippen LogP contribution in [0.2, 0.25) is 0 Å². The first kappa shape index (κ1) is 18.3. The molecule has 1 amide bonds. The number of carbonyl (C=O) groups excluding carboxylic acids is 2. The fourth-order valence-electron chi connectivity index (χ4n) is 2.11. The maximum atomic E-state index is 11.7. The number of nitrogens with zero attached hydrogens (tertiary/aromatic N) is 3. The van der Waals surface area contributed by atoms with Crippen molar-refractivity contribution < 1.29 is 14.3 Å². The van der Waals surface area contributed by atoms with E-state index in [1.165, 1.54) is 12.1 Å². The third-order valence-corrected chi connectivity index (χ3v) is 3.56. The monoisotopic (exact) mass is 358 g/mol. The number of halogens is 1. The van der Waals surface area contributed by atoms with Gasteiger partial charge in [0.05, 0.1) is 0 Å². The van der Waals surface area contributed by atoms with Crippen molar-refractivity contribution in [2.45, 2.75) is 13.0 Å². The molecule has 0 aliphatic heterocycles. The van der Waals surface area contributed by atoms with Crippen LogP contribution in [0.15, 0.2) is 53.6 Å². The fourth-order valence-corrected chi connectivity index (χ4v) is 2.23. The van der Waals surface area contributed by atoms with E-state index in [4.69, 9.17) is 21.9 Å². The predicted molar refractivity (Wildman–Crippen MR) is 93.8 cm³/mol. The van der Waals surface area contributed by atoms with Gasteiger partial charge < -0.3 is 10.1 Å². The van der Waals surface area contributed by atoms with Gasteiger partial charge in [0.2, 0.25) is 0 Å². The van der Waals surface area contributed by atoms with E-state index in [-0.39, 0.29) is 18.7 Å². The van der Waals surface area contributed by atoms with Gasteiger partial charge in [0.25, 0.3) is 5.24 Å². The van der Waals surface area contributed by atoms with Crippen LogP contribution < -0.4 is 5.32 Å². The van der Waals surface area contributed by atoms with Crippen molar-refractivity contribution >= 4 is 28.6 Å². The fraction of sp³-hybridized carbons (Fsp3) is 0.176. The van der Waals surface area contributed by atoms with Crippen LogP contribution in [0.4, 0.5) is 10.5 Å². The van der Waals surface area contributed by atoms with E-state index in [0.717, 1.165) is 5.56 Å². The van der Waals surface area contributed by atoms with Crippen molar-refractivity contribution in [1.82, 2.24) is 5.32 Å².